The molecule has 0 aromatic carbocycles. The molecule has 2 heteroatoms. The second kappa shape index (κ2) is 13.4. The van der Waals surface area contributed by atoms with Crippen molar-refractivity contribution in [2.45, 2.75) is 78.1 Å². The highest BCUT2D eigenvalue weighted by Gasteiger charge is 1.98. The smallest absolute Gasteiger partial charge is 0.00869 e. The lowest BCUT2D eigenvalue weighted by Crippen LogP contribution is -2.14. The third kappa shape index (κ3) is 12.4. The Balaban J connectivity index is 3.02. The molecule has 0 fully saturated rings. The van der Waals surface area contributed by atoms with Crippen LogP contribution in [0.5, 0.6) is 0 Å². The SMILES string of the molecule is CCCCCCCCCCN(S)CCCC. The Morgan fingerprint density at radius 2 is 1.06 bits per heavy atom. The van der Waals surface area contributed by atoms with Crippen molar-refractivity contribution in [2.75, 3.05) is 13.1 Å². The van der Waals surface area contributed by atoms with Gasteiger partial charge in [-0.25, -0.2) is 0 Å². The second-order valence-electron chi connectivity index (χ2n) is 4.78. The standard InChI is InChI=1S/C14H31NS/c1-3-5-7-8-9-10-11-12-14-15(16)13-6-4-2/h16H,3-14H2,1-2H3. The van der Waals surface area contributed by atoms with Crippen molar-refractivity contribution in [1.29, 1.82) is 0 Å². The molecule has 0 amide bonds. The van der Waals surface area contributed by atoms with Crippen LogP contribution in [0.3, 0.4) is 0 Å². The molecule has 0 saturated carbocycles. The van der Waals surface area contributed by atoms with E-state index >= 15 is 0 Å². The molecule has 0 aromatic rings. The van der Waals surface area contributed by atoms with E-state index in [1.165, 1.54) is 64.2 Å². The summed E-state index contributed by atoms with van der Waals surface area (Å²) in [6.45, 7) is 6.82. The second-order valence-corrected chi connectivity index (χ2v) is 5.35. The Kier molecular flexibility index (Phi) is 13.6. The summed E-state index contributed by atoms with van der Waals surface area (Å²) < 4.78 is 2.18. The van der Waals surface area contributed by atoms with Crippen molar-refractivity contribution in [2.24, 2.45) is 0 Å². The highest BCUT2D eigenvalue weighted by Crippen LogP contribution is 2.09. The monoisotopic (exact) mass is 245 g/mol. The minimum Gasteiger partial charge on any atom is -0.253 e. The molecule has 0 unspecified atom stereocenters. The third-order valence-corrected chi connectivity index (χ3v) is 3.44. The summed E-state index contributed by atoms with van der Waals surface area (Å²) in [6, 6.07) is 0. The van der Waals surface area contributed by atoms with Crippen LogP contribution in [-0.4, -0.2) is 17.4 Å². The lowest BCUT2D eigenvalue weighted by molar-refractivity contribution is 0.437. The van der Waals surface area contributed by atoms with E-state index in [-0.39, 0.29) is 0 Å². The number of hydrogen-bond acceptors (Lipinski definition) is 2. The van der Waals surface area contributed by atoms with Crippen molar-refractivity contribution in [3.8, 4) is 0 Å². The average molecular weight is 245 g/mol. The van der Waals surface area contributed by atoms with Gasteiger partial charge in [-0.2, -0.15) is 0 Å². The van der Waals surface area contributed by atoms with Crippen LogP contribution in [0.15, 0.2) is 0 Å². The first-order chi connectivity index (χ1) is 7.81. The van der Waals surface area contributed by atoms with E-state index in [4.69, 9.17) is 0 Å². The summed E-state index contributed by atoms with van der Waals surface area (Å²) in [5.74, 6) is 0. The Bertz CT molecular complexity index is 128. The van der Waals surface area contributed by atoms with Crippen LogP contribution in [0.4, 0.5) is 0 Å². The molecule has 0 rings (SSSR count). The predicted octanol–water partition coefficient (Wildman–Crippen LogP) is 5.07. The molecule has 0 aliphatic heterocycles. The predicted molar refractivity (Wildman–Crippen MR) is 78.1 cm³/mol. The van der Waals surface area contributed by atoms with Gasteiger partial charge in [0, 0.05) is 13.1 Å². The molecular weight excluding hydrogens is 214 g/mol. The summed E-state index contributed by atoms with van der Waals surface area (Å²) in [7, 11) is 0. The number of rotatable bonds is 12. The molecule has 16 heavy (non-hydrogen) atoms. The molecule has 0 saturated heterocycles. The number of hydrogen-bond donors (Lipinski definition) is 1. The fourth-order valence-corrected chi connectivity index (χ4v) is 2.16. The van der Waals surface area contributed by atoms with Crippen LogP contribution in [-0.2, 0) is 0 Å². The Morgan fingerprint density at radius 1 is 0.625 bits per heavy atom. The fraction of sp³-hybridized carbons (Fsp3) is 1.00. The van der Waals surface area contributed by atoms with Crippen LogP contribution in [0.1, 0.15) is 78.1 Å². The summed E-state index contributed by atoms with van der Waals surface area (Å²) in [6.07, 6.45) is 13.7. The topological polar surface area (TPSA) is 3.24 Å². The van der Waals surface area contributed by atoms with Crippen LogP contribution in [0, 0.1) is 0 Å². The van der Waals surface area contributed by atoms with Gasteiger partial charge in [-0.1, -0.05) is 78.0 Å². The third-order valence-electron chi connectivity index (χ3n) is 3.04. The maximum absolute atomic E-state index is 4.47. The van der Waals surface area contributed by atoms with Gasteiger partial charge in [0.15, 0.2) is 0 Å². The molecule has 1 nitrogen and oxygen atoms in total. The Labute approximate surface area is 109 Å². The van der Waals surface area contributed by atoms with Crippen molar-refractivity contribution in [1.82, 2.24) is 4.31 Å². The average Bonchev–Trinajstić information content (AvgIpc) is 2.30. The summed E-state index contributed by atoms with van der Waals surface area (Å²) >= 11 is 4.47. The number of nitrogens with zero attached hydrogens (tertiary/aromatic N) is 1. The normalized spacial score (nSPS) is 11.2. The van der Waals surface area contributed by atoms with Gasteiger partial charge in [0.25, 0.3) is 0 Å². The summed E-state index contributed by atoms with van der Waals surface area (Å²) in [4.78, 5) is 0. The zero-order chi connectivity index (χ0) is 12.1. The van der Waals surface area contributed by atoms with Crippen LogP contribution >= 0.6 is 12.8 Å². The van der Waals surface area contributed by atoms with Gasteiger partial charge < -0.3 is 0 Å². The van der Waals surface area contributed by atoms with E-state index in [9.17, 15) is 0 Å². The first kappa shape index (κ1) is 16.3. The van der Waals surface area contributed by atoms with Gasteiger partial charge in [-0.3, -0.25) is 4.31 Å². The lowest BCUT2D eigenvalue weighted by Gasteiger charge is -2.14. The van der Waals surface area contributed by atoms with Gasteiger partial charge in [-0.05, 0) is 12.8 Å². The molecule has 0 spiro atoms. The van der Waals surface area contributed by atoms with Gasteiger partial charge in [0.05, 0.1) is 0 Å². The largest absolute Gasteiger partial charge is 0.253 e. The van der Waals surface area contributed by atoms with Crippen LogP contribution in [0.2, 0.25) is 0 Å². The quantitative estimate of drug-likeness (QED) is 0.371. The van der Waals surface area contributed by atoms with Crippen LogP contribution < -0.4 is 0 Å². The molecule has 0 heterocycles. The zero-order valence-corrected chi connectivity index (χ0v) is 12.3. The summed E-state index contributed by atoms with van der Waals surface area (Å²) in [5.41, 5.74) is 0. The van der Waals surface area contributed by atoms with Crippen molar-refractivity contribution in [3.63, 3.8) is 0 Å². The number of unbranched alkanes of at least 4 members (excludes halogenated alkanes) is 8. The molecule has 0 bridgehead atoms. The highest BCUT2D eigenvalue weighted by molar-refractivity contribution is 7.77. The fourth-order valence-electron chi connectivity index (χ4n) is 1.88. The van der Waals surface area contributed by atoms with Crippen LogP contribution in [0.25, 0.3) is 0 Å². The van der Waals surface area contributed by atoms with Gasteiger partial charge >= 0.3 is 0 Å². The molecule has 0 radical (unpaired) electrons. The van der Waals surface area contributed by atoms with E-state index < -0.39 is 0 Å². The van der Waals surface area contributed by atoms with Gasteiger partial charge in [-0.15, -0.1) is 0 Å². The molecule has 0 aliphatic rings. The highest BCUT2D eigenvalue weighted by atomic mass is 32.1. The minimum absolute atomic E-state index is 1.15. The lowest BCUT2D eigenvalue weighted by atomic mass is 10.1. The molecule has 0 aliphatic carbocycles. The molecular formula is C14H31NS. The maximum atomic E-state index is 4.47. The van der Waals surface area contributed by atoms with Crippen molar-refractivity contribution in [3.05, 3.63) is 0 Å². The molecule has 0 atom stereocenters. The van der Waals surface area contributed by atoms with Gasteiger partial charge in [0.1, 0.15) is 0 Å². The van der Waals surface area contributed by atoms with Crippen molar-refractivity contribution < 1.29 is 0 Å². The van der Waals surface area contributed by atoms with E-state index in [1.807, 2.05) is 0 Å². The first-order valence-electron chi connectivity index (χ1n) is 7.25. The zero-order valence-electron chi connectivity index (χ0n) is 11.4. The minimum atomic E-state index is 1.15. The van der Waals surface area contributed by atoms with E-state index in [2.05, 4.69) is 31.0 Å². The van der Waals surface area contributed by atoms with E-state index in [1.54, 1.807) is 0 Å². The summed E-state index contributed by atoms with van der Waals surface area (Å²) in [5, 5.41) is 0. The Hall–Kier alpha value is 0.310. The van der Waals surface area contributed by atoms with E-state index in [0.29, 0.717) is 0 Å². The maximum Gasteiger partial charge on any atom is 0.00869 e. The first-order valence-corrected chi connectivity index (χ1v) is 7.65. The van der Waals surface area contributed by atoms with Crippen molar-refractivity contribution >= 4 is 12.8 Å². The van der Waals surface area contributed by atoms with E-state index in [0.717, 1.165) is 13.1 Å². The molecule has 0 aromatic heterocycles. The number of thiol groups is 1. The molecule has 0 N–H and O–H groups in total. The Morgan fingerprint density at radius 3 is 1.62 bits per heavy atom. The molecule has 98 valence electrons. The van der Waals surface area contributed by atoms with Gasteiger partial charge in [0.2, 0.25) is 0 Å².